The van der Waals surface area contributed by atoms with E-state index in [-0.39, 0.29) is 29.3 Å². The largest absolute Gasteiger partial charge is 0.354 e. The lowest BCUT2D eigenvalue weighted by atomic mass is 9.86. The topological polar surface area (TPSA) is 93.7 Å². The monoisotopic (exact) mass is 605 g/mol. The van der Waals surface area contributed by atoms with Crippen molar-refractivity contribution in [1.82, 2.24) is 25.1 Å². The summed E-state index contributed by atoms with van der Waals surface area (Å²) < 4.78 is 0. The number of hydrogen-bond donors (Lipinski definition) is 2. The van der Waals surface area contributed by atoms with E-state index in [1.807, 2.05) is 74.8 Å². The highest BCUT2D eigenvalue weighted by molar-refractivity contribution is 5.95. The van der Waals surface area contributed by atoms with Gasteiger partial charge in [-0.3, -0.25) is 19.5 Å². The fourth-order valence-corrected chi connectivity index (χ4v) is 6.24. The Morgan fingerprint density at radius 1 is 0.956 bits per heavy atom. The first kappa shape index (κ1) is 30.5. The van der Waals surface area contributed by atoms with Crippen molar-refractivity contribution in [3.05, 3.63) is 89.6 Å². The number of anilines is 3. The van der Waals surface area contributed by atoms with E-state index in [1.54, 1.807) is 11.1 Å². The molecule has 0 spiro atoms. The summed E-state index contributed by atoms with van der Waals surface area (Å²) in [6.07, 6.45) is 3.65. The summed E-state index contributed by atoms with van der Waals surface area (Å²) in [5.41, 5.74) is 4.56. The molecule has 2 fully saturated rings. The zero-order valence-electron chi connectivity index (χ0n) is 26.9. The van der Waals surface area contributed by atoms with Crippen LogP contribution in [0, 0.1) is 0 Å². The van der Waals surface area contributed by atoms with Crippen LogP contribution < -0.4 is 15.5 Å². The minimum atomic E-state index is -0.280. The van der Waals surface area contributed by atoms with E-state index in [4.69, 9.17) is 4.98 Å². The molecule has 9 nitrogen and oxygen atoms in total. The van der Waals surface area contributed by atoms with E-state index in [9.17, 15) is 9.59 Å². The highest BCUT2D eigenvalue weighted by atomic mass is 16.2. The number of piperazine rings is 1. The fourth-order valence-electron chi connectivity index (χ4n) is 6.24. The molecule has 2 aliphatic heterocycles. The number of nitrogens with one attached hydrogen (secondary N) is 2. The van der Waals surface area contributed by atoms with Crippen LogP contribution in [0.2, 0.25) is 0 Å². The lowest BCUT2D eigenvalue weighted by molar-refractivity contribution is -0.139. The zero-order chi connectivity index (χ0) is 31.7. The molecule has 0 bridgehead atoms. The van der Waals surface area contributed by atoms with Gasteiger partial charge in [-0.1, -0.05) is 51.1 Å². The standard InChI is InChI=1S/C36H43N7O2/c1-36(2,3)27-14-10-25(11-15-27)34(44)39-29-9-7-19-43(23-29)30-22-26-8-6-18-37-31(26)33(40-30)38-28-16-12-24(13-17-28)32-35(45)42(5)21-20-41(32)4/h6,8,10-18,22,29,32H,7,9,19-21,23H2,1-5H3,(H,38,40)(H,39,44)/t29-,32?/m0/s1. The average Bonchev–Trinajstić information content (AvgIpc) is 3.03. The number of carbonyl (C=O) groups excluding carboxylic acids is 2. The van der Waals surface area contributed by atoms with Crippen molar-refractivity contribution in [2.75, 3.05) is 50.5 Å². The van der Waals surface area contributed by atoms with Crippen LogP contribution in [0.1, 0.15) is 61.1 Å². The van der Waals surface area contributed by atoms with Gasteiger partial charge in [0.2, 0.25) is 5.91 Å². The third-order valence-electron chi connectivity index (χ3n) is 9.00. The number of hydrogen-bond acceptors (Lipinski definition) is 7. The molecule has 0 radical (unpaired) electrons. The Hall–Kier alpha value is -4.50. The Morgan fingerprint density at radius 3 is 2.44 bits per heavy atom. The Labute approximate surface area is 265 Å². The molecule has 4 aromatic rings. The van der Waals surface area contributed by atoms with E-state index in [1.165, 1.54) is 5.56 Å². The number of carbonyl (C=O) groups is 2. The maximum absolute atomic E-state index is 13.1. The van der Waals surface area contributed by atoms with Gasteiger partial charge in [0.15, 0.2) is 5.82 Å². The van der Waals surface area contributed by atoms with Crippen LogP contribution in [-0.4, -0.2) is 77.9 Å². The second-order valence-corrected chi connectivity index (χ2v) is 13.4. The van der Waals surface area contributed by atoms with Crippen LogP contribution in [0.3, 0.4) is 0 Å². The Morgan fingerprint density at radius 2 is 1.71 bits per heavy atom. The minimum Gasteiger partial charge on any atom is -0.354 e. The molecule has 2 amide bonds. The Balaban J connectivity index is 1.19. The van der Waals surface area contributed by atoms with Crippen LogP contribution in [0.5, 0.6) is 0 Å². The Bertz CT molecular complexity index is 1680. The summed E-state index contributed by atoms with van der Waals surface area (Å²) in [6, 6.07) is 21.7. The summed E-state index contributed by atoms with van der Waals surface area (Å²) in [5.74, 6) is 1.59. The lowest BCUT2D eigenvalue weighted by Gasteiger charge is -2.37. The molecule has 0 aliphatic carbocycles. The number of rotatable bonds is 6. The molecular weight excluding hydrogens is 562 g/mol. The van der Waals surface area contributed by atoms with Crippen molar-refractivity contribution < 1.29 is 9.59 Å². The van der Waals surface area contributed by atoms with Crippen LogP contribution in [-0.2, 0) is 10.2 Å². The normalized spacial score (nSPS) is 19.5. The summed E-state index contributed by atoms with van der Waals surface area (Å²) in [6.45, 7) is 9.63. The lowest BCUT2D eigenvalue weighted by Crippen LogP contribution is -2.48. The molecule has 6 rings (SSSR count). The number of nitrogens with zero attached hydrogens (tertiary/aromatic N) is 5. The first-order valence-corrected chi connectivity index (χ1v) is 15.8. The summed E-state index contributed by atoms with van der Waals surface area (Å²) in [4.78, 5) is 41.8. The number of likely N-dealkylation sites (N-methyl/N-ethyl adjacent to an activating group) is 2. The first-order chi connectivity index (χ1) is 21.6. The second kappa shape index (κ2) is 12.5. The molecule has 2 saturated heterocycles. The molecular formula is C36H43N7O2. The molecule has 2 N–H and O–H groups in total. The van der Waals surface area contributed by atoms with Crippen molar-refractivity contribution in [3.63, 3.8) is 0 Å². The molecule has 2 aromatic carbocycles. The molecule has 2 aliphatic rings. The number of amides is 2. The van der Waals surface area contributed by atoms with E-state index in [0.29, 0.717) is 17.9 Å². The second-order valence-electron chi connectivity index (χ2n) is 13.4. The van der Waals surface area contributed by atoms with Crippen LogP contribution in [0.25, 0.3) is 10.9 Å². The van der Waals surface area contributed by atoms with Gasteiger partial charge in [-0.2, -0.15) is 0 Å². The number of aromatic nitrogens is 2. The van der Waals surface area contributed by atoms with Gasteiger partial charge in [-0.25, -0.2) is 4.98 Å². The predicted octanol–water partition coefficient (Wildman–Crippen LogP) is 5.51. The predicted molar refractivity (Wildman–Crippen MR) is 180 cm³/mol. The van der Waals surface area contributed by atoms with E-state index in [2.05, 4.69) is 52.3 Å². The quantitative estimate of drug-likeness (QED) is 0.299. The smallest absolute Gasteiger partial charge is 0.251 e. The minimum absolute atomic E-state index is 0.0172. The van der Waals surface area contributed by atoms with Gasteiger partial charge in [0.1, 0.15) is 17.4 Å². The molecule has 4 heterocycles. The zero-order valence-corrected chi connectivity index (χ0v) is 26.9. The first-order valence-electron chi connectivity index (χ1n) is 15.8. The number of piperidine rings is 1. The summed E-state index contributed by atoms with van der Waals surface area (Å²) in [7, 11) is 3.86. The van der Waals surface area contributed by atoms with Crippen molar-refractivity contribution in [1.29, 1.82) is 0 Å². The van der Waals surface area contributed by atoms with Gasteiger partial charge < -0.3 is 20.4 Å². The third-order valence-corrected chi connectivity index (χ3v) is 9.00. The SMILES string of the molecule is CN1CCN(C)C(c2ccc(Nc3nc(N4CCC[C@H](NC(=O)c5ccc(C(C)(C)C)cc5)C4)cc4cccnc34)cc2)C1=O. The van der Waals surface area contributed by atoms with Crippen LogP contribution in [0.15, 0.2) is 72.9 Å². The van der Waals surface area contributed by atoms with Gasteiger partial charge in [0, 0.05) is 62.1 Å². The molecule has 234 valence electrons. The maximum Gasteiger partial charge on any atom is 0.251 e. The van der Waals surface area contributed by atoms with E-state index >= 15 is 0 Å². The number of benzene rings is 2. The van der Waals surface area contributed by atoms with Crippen molar-refractivity contribution in [2.45, 2.75) is 51.1 Å². The van der Waals surface area contributed by atoms with Gasteiger partial charge in [0.25, 0.3) is 5.91 Å². The number of fused-ring (bicyclic) bond motifs is 1. The van der Waals surface area contributed by atoms with Crippen molar-refractivity contribution in [3.8, 4) is 0 Å². The van der Waals surface area contributed by atoms with Gasteiger partial charge in [0.05, 0.1) is 0 Å². The van der Waals surface area contributed by atoms with Crippen molar-refractivity contribution in [2.24, 2.45) is 0 Å². The molecule has 1 unspecified atom stereocenters. The fraction of sp³-hybridized carbons (Fsp3) is 0.389. The van der Waals surface area contributed by atoms with E-state index in [0.717, 1.165) is 60.4 Å². The average molecular weight is 606 g/mol. The number of pyridine rings is 2. The maximum atomic E-state index is 13.1. The Kier molecular flexibility index (Phi) is 8.46. The van der Waals surface area contributed by atoms with E-state index < -0.39 is 0 Å². The summed E-state index contributed by atoms with van der Waals surface area (Å²) in [5, 5.41) is 7.74. The highest BCUT2D eigenvalue weighted by Gasteiger charge is 2.32. The molecule has 45 heavy (non-hydrogen) atoms. The molecule has 2 atom stereocenters. The third kappa shape index (κ3) is 6.63. The summed E-state index contributed by atoms with van der Waals surface area (Å²) >= 11 is 0. The van der Waals surface area contributed by atoms with Gasteiger partial charge in [-0.05, 0) is 72.8 Å². The molecule has 2 aromatic heterocycles. The van der Waals surface area contributed by atoms with Crippen LogP contribution in [0.4, 0.5) is 17.3 Å². The highest BCUT2D eigenvalue weighted by Crippen LogP contribution is 2.31. The van der Waals surface area contributed by atoms with Crippen LogP contribution >= 0.6 is 0 Å². The van der Waals surface area contributed by atoms with Gasteiger partial charge in [-0.15, -0.1) is 0 Å². The van der Waals surface area contributed by atoms with Crippen molar-refractivity contribution >= 4 is 40.0 Å². The molecule has 9 heteroatoms. The molecule has 0 saturated carbocycles. The van der Waals surface area contributed by atoms with Gasteiger partial charge >= 0.3 is 0 Å².